The zero-order valence-corrected chi connectivity index (χ0v) is 10.4. The average molecular weight is 274 g/mol. The van der Waals surface area contributed by atoms with Crippen molar-refractivity contribution in [1.82, 2.24) is 0 Å². The highest BCUT2D eigenvalue weighted by atomic mass is 35.5. The van der Waals surface area contributed by atoms with Gasteiger partial charge in [0, 0.05) is 17.7 Å². The Morgan fingerprint density at radius 2 is 1.95 bits per heavy atom. The molecule has 0 aliphatic rings. The first-order valence-corrected chi connectivity index (χ1v) is 5.66. The number of nitro groups is 1. The van der Waals surface area contributed by atoms with Crippen LogP contribution in [0.2, 0.25) is 5.02 Å². The van der Waals surface area contributed by atoms with Crippen molar-refractivity contribution in [3.05, 3.63) is 63.2 Å². The quantitative estimate of drug-likeness (QED) is 0.482. The van der Waals surface area contributed by atoms with Crippen LogP contribution in [0, 0.1) is 22.5 Å². The molecule has 0 saturated carbocycles. The Balaban J connectivity index is 2.26. The number of hydrogen-bond donors (Lipinski definition) is 0. The number of ether oxygens (including phenoxy) is 1. The SMILES string of the molecule is C#Cc1cccc(Oc2ccc([N+](=O)[O-])c(Cl)c2)c1. The van der Waals surface area contributed by atoms with Gasteiger partial charge >= 0.3 is 0 Å². The molecule has 0 bridgehead atoms. The summed E-state index contributed by atoms with van der Waals surface area (Å²) in [6.45, 7) is 0. The van der Waals surface area contributed by atoms with Crippen molar-refractivity contribution in [2.24, 2.45) is 0 Å². The summed E-state index contributed by atoms with van der Waals surface area (Å²) in [5.74, 6) is 3.44. The fourth-order valence-electron chi connectivity index (χ4n) is 1.48. The van der Waals surface area contributed by atoms with Crippen LogP contribution in [0.15, 0.2) is 42.5 Å². The van der Waals surface area contributed by atoms with Crippen LogP contribution in [0.5, 0.6) is 11.5 Å². The molecule has 0 aliphatic carbocycles. The third kappa shape index (κ3) is 3.03. The maximum Gasteiger partial charge on any atom is 0.288 e. The first-order chi connectivity index (χ1) is 9.10. The number of nitro benzene ring substituents is 1. The smallest absolute Gasteiger partial charge is 0.288 e. The summed E-state index contributed by atoms with van der Waals surface area (Å²) in [6.07, 6.45) is 5.29. The van der Waals surface area contributed by atoms with Gasteiger partial charge in [-0.1, -0.05) is 23.6 Å². The highest BCUT2D eigenvalue weighted by Gasteiger charge is 2.12. The maximum atomic E-state index is 10.6. The molecule has 0 aromatic heterocycles. The predicted octanol–water partition coefficient (Wildman–Crippen LogP) is 4.02. The Bertz CT molecular complexity index is 677. The minimum Gasteiger partial charge on any atom is -0.457 e. The standard InChI is InChI=1S/C14H8ClNO3/c1-2-10-4-3-5-11(8-10)19-12-6-7-14(16(17)18)13(15)9-12/h1,3-9H. The van der Waals surface area contributed by atoms with Crippen LogP contribution >= 0.6 is 11.6 Å². The van der Waals surface area contributed by atoms with Gasteiger partial charge in [0.15, 0.2) is 0 Å². The molecule has 2 rings (SSSR count). The van der Waals surface area contributed by atoms with E-state index in [9.17, 15) is 10.1 Å². The van der Waals surface area contributed by atoms with Gasteiger partial charge in [-0.2, -0.15) is 0 Å². The summed E-state index contributed by atoms with van der Waals surface area (Å²) in [5, 5.41) is 10.7. The van der Waals surface area contributed by atoms with E-state index in [4.69, 9.17) is 22.8 Å². The second-order valence-corrected chi connectivity index (χ2v) is 4.05. The topological polar surface area (TPSA) is 52.4 Å². The fourth-order valence-corrected chi connectivity index (χ4v) is 1.72. The zero-order chi connectivity index (χ0) is 13.8. The Kier molecular flexibility index (Phi) is 3.69. The molecule has 0 fully saturated rings. The van der Waals surface area contributed by atoms with Gasteiger partial charge < -0.3 is 4.74 Å². The molecule has 2 aromatic rings. The van der Waals surface area contributed by atoms with Gasteiger partial charge in [-0.25, -0.2) is 0 Å². The molecule has 0 N–H and O–H groups in total. The first-order valence-electron chi connectivity index (χ1n) is 5.28. The fraction of sp³-hybridized carbons (Fsp3) is 0. The molecule has 2 aromatic carbocycles. The van der Waals surface area contributed by atoms with Crippen molar-refractivity contribution < 1.29 is 9.66 Å². The van der Waals surface area contributed by atoms with Crippen LogP contribution in [-0.4, -0.2) is 4.92 Å². The van der Waals surface area contributed by atoms with E-state index in [2.05, 4.69) is 5.92 Å². The van der Waals surface area contributed by atoms with E-state index in [0.717, 1.165) is 0 Å². The minimum atomic E-state index is -0.551. The molecule has 0 aliphatic heterocycles. The van der Waals surface area contributed by atoms with Crippen molar-refractivity contribution in [2.45, 2.75) is 0 Å². The van der Waals surface area contributed by atoms with Crippen LogP contribution in [0.3, 0.4) is 0 Å². The van der Waals surface area contributed by atoms with Gasteiger partial charge in [-0.05, 0) is 24.3 Å². The summed E-state index contributed by atoms with van der Waals surface area (Å²) in [6, 6.07) is 11.1. The molecule has 0 heterocycles. The van der Waals surface area contributed by atoms with Crippen LogP contribution < -0.4 is 4.74 Å². The number of nitrogens with zero attached hydrogens (tertiary/aromatic N) is 1. The number of halogens is 1. The van der Waals surface area contributed by atoms with Crippen LogP contribution in [-0.2, 0) is 0 Å². The van der Waals surface area contributed by atoms with Crippen molar-refractivity contribution in [2.75, 3.05) is 0 Å². The van der Waals surface area contributed by atoms with Crippen molar-refractivity contribution in [3.63, 3.8) is 0 Å². The molecule has 0 atom stereocenters. The molecular formula is C14H8ClNO3. The van der Waals surface area contributed by atoms with Crippen LogP contribution in [0.25, 0.3) is 0 Å². The van der Waals surface area contributed by atoms with Crippen molar-refractivity contribution >= 4 is 17.3 Å². The Hall–Kier alpha value is -2.51. The monoisotopic (exact) mass is 273 g/mol. The molecule has 0 saturated heterocycles. The summed E-state index contributed by atoms with van der Waals surface area (Å²) < 4.78 is 5.53. The van der Waals surface area contributed by atoms with E-state index in [1.165, 1.54) is 18.2 Å². The Morgan fingerprint density at radius 3 is 2.58 bits per heavy atom. The average Bonchev–Trinajstić information content (AvgIpc) is 2.38. The van der Waals surface area contributed by atoms with E-state index in [1.54, 1.807) is 24.3 Å². The van der Waals surface area contributed by atoms with E-state index in [0.29, 0.717) is 17.1 Å². The van der Waals surface area contributed by atoms with Crippen LogP contribution in [0.4, 0.5) is 5.69 Å². The summed E-state index contributed by atoms with van der Waals surface area (Å²) in [4.78, 5) is 10.1. The Labute approximate surface area is 114 Å². The third-order valence-corrected chi connectivity index (χ3v) is 2.65. The number of terminal acetylenes is 1. The summed E-state index contributed by atoms with van der Waals surface area (Å²) in [5.41, 5.74) is 0.525. The number of rotatable bonds is 3. The molecule has 0 spiro atoms. The van der Waals surface area contributed by atoms with Gasteiger partial charge in [0.2, 0.25) is 0 Å². The third-order valence-electron chi connectivity index (χ3n) is 2.35. The predicted molar refractivity (Wildman–Crippen MR) is 72.6 cm³/mol. The second-order valence-electron chi connectivity index (χ2n) is 3.64. The Morgan fingerprint density at radius 1 is 1.21 bits per heavy atom. The first kappa shape index (κ1) is 12.9. The van der Waals surface area contributed by atoms with Gasteiger partial charge in [0.1, 0.15) is 16.5 Å². The molecule has 4 nitrogen and oxygen atoms in total. The number of hydrogen-bond acceptors (Lipinski definition) is 3. The lowest BCUT2D eigenvalue weighted by Crippen LogP contribution is -1.90. The normalized spacial score (nSPS) is 9.68. The molecule has 0 radical (unpaired) electrons. The lowest BCUT2D eigenvalue weighted by Gasteiger charge is -2.06. The highest BCUT2D eigenvalue weighted by Crippen LogP contribution is 2.31. The van der Waals surface area contributed by atoms with E-state index in [-0.39, 0.29) is 10.7 Å². The lowest BCUT2D eigenvalue weighted by molar-refractivity contribution is -0.384. The summed E-state index contributed by atoms with van der Waals surface area (Å²) >= 11 is 5.80. The van der Waals surface area contributed by atoms with Gasteiger partial charge in [0.25, 0.3) is 5.69 Å². The molecule has 94 valence electrons. The van der Waals surface area contributed by atoms with Crippen molar-refractivity contribution in [1.29, 1.82) is 0 Å². The highest BCUT2D eigenvalue weighted by molar-refractivity contribution is 6.32. The second kappa shape index (κ2) is 5.42. The number of benzene rings is 2. The van der Waals surface area contributed by atoms with E-state index in [1.807, 2.05) is 0 Å². The van der Waals surface area contributed by atoms with Crippen molar-refractivity contribution in [3.8, 4) is 23.8 Å². The molecule has 19 heavy (non-hydrogen) atoms. The zero-order valence-electron chi connectivity index (χ0n) is 9.67. The van der Waals surface area contributed by atoms with Gasteiger partial charge in [-0.15, -0.1) is 6.42 Å². The molecule has 5 heteroatoms. The molecule has 0 unspecified atom stereocenters. The maximum absolute atomic E-state index is 10.6. The molecule has 0 amide bonds. The largest absolute Gasteiger partial charge is 0.457 e. The van der Waals surface area contributed by atoms with Gasteiger partial charge in [0.05, 0.1) is 4.92 Å². The van der Waals surface area contributed by atoms with Crippen LogP contribution in [0.1, 0.15) is 5.56 Å². The molecular weight excluding hydrogens is 266 g/mol. The minimum absolute atomic E-state index is 0.0237. The van der Waals surface area contributed by atoms with E-state index >= 15 is 0 Å². The van der Waals surface area contributed by atoms with Gasteiger partial charge in [-0.3, -0.25) is 10.1 Å². The summed E-state index contributed by atoms with van der Waals surface area (Å²) in [7, 11) is 0. The van der Waals surface area contributed by atoms with E-state index < -0.39 is 4.92 Å². The lowest BCUT2D eigenvalue weighted by atomic mass is 10.2.